The lowest BCUT2D eigenvalue weighted by molar-refractivity contribution is -0.121. The van der Waals surface area contributed by atoms with Crippen molar-refractivity contribution in [3.05, 3.63) is 59.7 Å². The Morgan fingerprint density at radius 3 is 2.59 bits per heavy atom. The molecule has 3 atom stereocenters. The maximum Gasteiger partial charge on any atom is 0.161 e. The Kier molecular flexibility index (Phi) is 10.1. The molecular formula is C33H46O4. The minimum atomic E-state index is -0.534. The normalized spacial score (nSPS) is 21.7. The molecule has 2 aliphatic carbocycles. The standard InChI is InChI=1S/C33H46O4/c1-2-3-5-12-28(34)23-29(35)15-13-26-14-16-30(36)31(22-26)37-32-24-33(18-8-9-19-33)20-17-27(32)21-25-10-6-4-7-11-25/h4,6-7,10-11,14,16,22,27-28,32,34,36H,2-3,5,8-9,12-13,15,17-21,23-24H2,1H3/t27-,28+,32-/m0/s1. The minimum Gasteiger partial charge on any atom is -0.504 e. The monoisotopic (exact) mass is 506 g/mol. The van der Waals surface area contributed by atoms with E-state index >= 15 is 0 Å². The molecule has 4 nitrogen and oxygen atoms in total. The van der Waals surface area contributed by atoms with Crippen LogP contribution < -0.4 is 4.74 Å². The molecule has 2 N–H and O–H groups in total. The molecule has 37 heavy (non-hydrogen) atoms. The third-order valence-electron chi connectivity index (χ3n) is 8.81. The second-order valence-electron chi connectivity index (χ2n) is 11.8. The van der Waals surface area contributed by atoms with Gasteiger partial charge in [0.2, 0.25) is 0 Å². The van der Waals surface area contributed by atoms with Crippen molar-refractivity contribution in [3.8, 4) is 11.5 Å². The average Bonchev–Trinajstić information content (AvgIpc) is 3.34. The Bertz CT molecular complexity index is 979. The van der Waals surface area contributed by atoms with Crippen molar-refractivity contribution in [2.45, 2.75) is 115 Å². The second-order valence-corrected chi connectivity index (χ2v) is 11.8. The van der Waals surface area contributed by atoms with Gasteiger partial charge in [-0.15, -0.1) is 0 Å². The zero-order valence-corrected chi connectivity index (χ0v) is 22.7. The number of hydrogen-bond acceptors (Lipinski definition) is 4. The van der Waals surface area contributed by atoms with E-state index in [0.717, 1.165) is 44.1 Å². The summed E-state index contributed by atoms with van der Waals surface area (Å²) < 4.78 is 6.65. The number of aryl methyl sites for hydroxylation is 1. The molecule has 2 aliphatic rings. The molecule has 0 amide bonds. The number of carbonyl (C=O) groups excluding carboxylic acids is 1. The molecule has 0 aliphatic heterocycles. The topological polar surface area (TPSA) is 66.8 Å². The molecule has 202 valence electrons. The molecule has 0 heterocycles. The summed E-state index contributed by atoms with van der Waals surface area (Å²) >= 11 is 0. The number of ketones is 1. The molecule has 2 aromatic carbocycles. The highest BCUT2D eigenvalue weighted by Gasteiger charge is 2.43. The molecule has 0 aromatic heterocycles. The van der Waals surface area contributed by atoms with Gasteiger partial charge < -0.3 is 14.9 Å². The van der Waals surface area contributed by atoms with E-state index in [9.17, 15) is 15.0 Å². The summed E-state index contributed by atoms with van der Waals surface area (Å²) in [6.45, 7) is 2.14. The fourth-order valence-corrected chi connectivity index (χ4v) is 6.59. The lowest BCUT2D eigenvalue weighted by atomic mass is 9.67. The third-order valence-corrected chi connectivity index (χ3v) is 8.81. The van der Waals surface area contributed by atoms with E-state index < -0.39 is 6.10 Å². The smallest absolute Gasteiger partial charge is 0.161 e. The van der Waals surface area contributed by atoms with Gasteiger partial charge in [0.25, 0.3) is 0 Å². The van der Waals surface area contributed by atoms with Gasteiger partial charge in [0.05, 0.1) is 6.10 Å². The van der Waals surface area contributed by atoms with Gasteiger partial charge in [0, 0.05) is 12.8 Å². The number of carbonyl (C=O) groups is 1. The zero-order chi connectivity index (χ0) is 26.1. The maximum absolute atomic E-state index is 12.4. The second kappa shape index (κ2) is 13.5. The van der Waals surface area contributed by atoms with Crippen LogP contribution in [0, 0.1) is 11.3 Å². The van der Waals surface area contributed by atoms with Crippen LogP contribution in [0.1, 0.15) is 102 Å². The van der Waals surface area contributed by atoms with Crippen LogP contribution in [0.5, 0.6) is 11.5 Å². The van der Waals surface area contributed by atoms with Crippen molar-refractivity contribution in [1.29, 1.82) is 0 Å². The van der Waals surface area contributed by atoms with Crippen LogP contribution in [0.15, 0.2) is 48.5 Å². The molecule has 2 fully saturated rings. The van der Waals surface area contributed by atoms with Crippen LogP contribution in [0.2, 0.25) is 0 Å². The van der Waals surface area contributed by atoms with Gasteiger partial charge in [-0.3, -0.25) is 4.79 Å². The summed E-state index contributed by atoms with van der Waals surface area (Å²) in [6.07, 6.45) is 14.4. The average molecular weight is 507 g/mol. The first-order valence-corrected chi connectivity index (χ1v) is 14.7. The number of aliphatic hydroxyl groups is 1. The van der Waals surface area contributed by atoms with Gasteiger partial charge in [0.15, 0.2) is 11.5 Å². The van der Waals surface area contributed by atoms with E-state index in [2.05, 4.69) is 37.3 Å². The number of phenols is 1. The number of aromatic hydroxyl groups is 1. The fourth-order valence-electron chi connectivity index (χ4n) is 6.59. The zero-order valence-electron chi connectivity index (χ0n) is 22.7. The first-order valence-electron chi connectivity index (χ1n) is 14.7. The SMILES string of the molecule is CCCCC[C@@H](O)CC(=O)CCc1ccc(O)c(O[C@H]2CC3(CCCC3)CC[C@H]2Cc2ccccc2)c1. The summed E-state index contributed by atoms with van der Waals surface area (Å²) in [4.78, 5) is 12.4. The van der Waals surface area contributed by atoms with E-state index in [4.69, 9.17) is 4.74 Å². The van der Waals surface area contributed by atoms with Gasteiger partial charge >= 0.3 is 0 Å². The van der Waals surface area contributed by atoms with E-state index in [0.29, 0.717) is 36.3 Å². The Hall–Kier alpha value is -2.33. The molecule has 1 spiro atoms. The lowest BCUT2D eigenvalue weighted by Crippen LogP contribution is -2.40. The number of phenolic OH excluding ortho intramolecular Hbond substituents is 1. The first kappa shape index (κ1) is 27.7. The predicted molar refractivity (Wildman–Crippen MR) is 149 cm³/mol. The molecule has 2 aromatic rings. The van der Waals surface area contributed by atoms with Crippen LogP contribution in [0.25, 0.3) is 0 Å². The Morgan fingerprint density at radius 1 is 1.05 bits per heavy atom. The summed E-state index contributed by atoms with van der Waals surface area (Å²) in [6, 6.07) is 16.2. The Morgan fingerprint density at radius 2 is 1.84 bits per heavy atom. The van der Waals surface area contributed by atoms with E-state index in [1.807, 2.05) is 12.1 Å². The summed E-state index contributed by atoms with van der Waals surface area (Å²) in [5.74, 6) is 1.24. The summed E-state index contributed by atoms with van der Waals surface area (Å²) in [7, 11) is 0. The Balaban J connectivity index is 1.39. The number of aliphatic hydroxyl groups excluding tert-OH is 1. The van der Waals surface area contributed by atoms with Gasteiger partial charge in [-0.25, -0.2) is 0 Å². The van der Waals surface area contributed by atoms with Crippen LogP contribution in [0.4, 0.5) is 0 Å². The van der Waals surface area contributed by atoms with E-state index in [-0.39, 0.29) is 24.1 Å². The van der Waals surface area contributed by atoms with E-state index in [1.165, 1.54) is 37.7 Å². The molecule has 0 bridgehead atoms. The van der Waals surface area contributed by atoms with Crippen molar-refractivity contribution in [3.63, 3.8) is 0 Å². The van der Waals surface area contributed by atoms with Crippen molar-refractivity contribution < 1.29 is 19.7 Å². The lowest BCUT2D eigenvalue weighted by Gasteiger charge is -2.43. The van der Waals surface area contributed by atoms with Gasteiger partial charge in [-0.1, -0.05) is 75.4 Å². The highest BCUT2D eigenvalue weighted by Crippen LogP contribution is 2.51. The maximum atomic E-state index is 12.4. The highest BCUT2D eigenvalue weighted by molar-refractivity contribution is 5.79. The van der Waals surface area contributed by atoms with Crippen LogP contribution in [-0.2, 0) is 17.6 Å². The number of ether oxygens (including phenoxy) is 1. The van der Waals surface area contributed by atoms with Crippen molar-refractivity contribution in [2.24, 2.45) is 11.3 Å². The molecule has 0 radical (unpaired) electrons. The third kappa shape index (κ3) is 8.07. The van der Waals surface area contributed by atoms with Crippen LogP contribution in [0.3, 0.4) is 0 Å². The minimum absolute atomic E-state index is 0.0769. The van der Waals surface area contributed by atoms with Gasteiger partial charge in [0.1, 0.15) is 11.9 Å². The van der Waals surface area contributed by atoms with Gasteiger partial charge in [-0.2, -0.15) is 0 Å². The first-order chi connectivity index (χ1) is 18.0. The molecule has 4 rings (SSSR count). The van der Waals surface area contributed by atoms with E-state index in [1.54, 1.807) is 6.07 Å². The number of rotatable bonds is 13. The molecule has 0 unspecified atom stereocenters. The molecule has 0 saturated heterocycles. The number of unbranched alkanes of at least 4 members (excludes halogenated alkanes) is 2. The molecule has 2 saturated carbocycles. The summed E-state index contributed by atoms with van der Waals surface area (Å²) in [5.41, 5.74) is 2.74. The van der Waals surface area contributed by atoms with Crippen molar-refractivity contribution in [2.75, 3.05) is 0 Å². The molecule has 4 heteroatoms. The van der Waals surface area contributed by atoms with Crippen molar-refractivity contribution in [1.82, 2.24) is 0 Å². The number of Topliss-reactive ketones (excluding diaryl/α,β-unsaturated/α-hetero) is 1. The van der Waals surface area contributed by atoms with Crippen molar-refractivity contribution >= 4 is 5.78 Å². The fraction of sp³-hybridized carbons (Fsp3) is 0.606. The van der Waals surface area contributed by atoms with Crippen LogP contribution >= 0.6 is 0 Å². The summed E-state index contributed by atoms with van der Waals surface area (Å²) in [5, 5.41) is 20.8. The number of hydrogen-bond donors (Lipinski definition) is 2. The predicted octanol–water partition coefficient (Wildman–Crippen LogP) is 7.58. The van der Waals surface area contributed by atoms with Gasteiger partial charge in [-0.05, 0) is 86.0 Å². The van der Waals surface area contributed by atoms with Crippen LogP contribution in [-0.4, -0.2) is 28.2 Å². The number of benzene rings is 2. The quantitative estimate of drug-likeness (QED) is 0.275. The Labute approximate surface area is 223 Å². The molecular weight excluding hydrogens is 460 g/mol. The largest absolute Gasteiger partial charge is 0.504 e. The highest BCUT2D eigenvalue weighted by atomic mass is 16.5.